The molecule has 0 saturated carbocycles. The van der Waals surface area contributed by atoms with Gasteiger partial charge in [-0.05, 0) is 0 Å². The number of rotatable bonds is 1. The van der Waals surface area contributed by atoms with E-state index < -0.39 is 7.26 Å². The van der Waals surface area contributed by atoms with Crippen LogP contribution in [0, 0.1) is 0 Å². The molecule has 0 unspecified atom stereocenters. The number of benzene rings is 1. The minimum atomic E-state index is -1.03. The second-order valence-electron chi connectivity index (χ2n) is 3.62. The van der Waals surface area contributed by atoms with E-state index in [2.05, 4.69) is 50.3 Å². The molecule has 0 heterocycles. The van der Waals surface area contributed by atoms with E-state index in [1.807, 2.05) is 0 Å². The fourth-order valence-electron chi connectivity index (χ4n) is 0.938. The predicted octanol–water partition coefficient (Wildman–Crippen LogP) is 1.95. The van der Waals surface area contributed by atoms with Crippen LogP contribution < -0.4 is 5.30 Å². The second-order valence-corrected chi connectivity index (χ2v) is 8.69. The molecule has 1 aromatic rings. The first-order valence-corrected chi connectivity index (χ1v) is 7.16. The molecule has 66 valence electrons. The molecule has 0 saturated heterocycles. The van der Waals surface area contributed by atoms with Crippen molar-refractivity contribution in [1.29, 1.82) is 0 Å². The third-order valence-corrected chi connectivity index (χ3v) is 3.71. The van der Waals surface area contributed by atoms with Crippen molar-refractivity contribution in [3.05, 3.63) is 30.3 Å². The van der Waals surface area contributed by atoms with Crippen molar-refractivity contribution in [2.24, 2.45) is 0 Å². The average Bonchev–Trinajstić information content (AvgIpc) is 1.88. The summed E-state index contributed by atoms with van der Waals surface area (Å²) in [4.78, 5) is 0. The summed E-state index contributed by atoms with van der Waals surface area (Å²) in [5.74, 6) is 0. The van der Waals surface area contributed by atoms with Gasteiger partial charge in [-0.25, -0.2) is 0 Å². The smallest absolute Gasteiger partial charge is 0 e. The standard InChI is InChI=1S/C9H15P.Pd/c1-10(2,3)9-7-5-4-6-8-9;/h4-8,10H,1-3H3;. The summed E-state index contributed by atoms with van der Waals surface area (Å²) >= 11 is 0. The molecule has 0 nitrogen and oxygen atoms in total. The molecule has 0 radical (unpaired) electrons. The van der Waals surface area contributed by atoms with Crippen LogP contribution in [0.4, 0.5) is 0 Å². The Hall–Kier alpha value is 0.312. The molecule has 0 fully saturated rings. The molecule has 1 rings (SSSR count). The van der Waals surface area contributed by atoms with Gasteiger partial charge in [-0.1, -0.05) is 0 Å². The van der Waals surface area contributed by atoms with E-state index in [1.165, 1.54) is 5.30 Å². The van der Waals surface area contributed by atoms with Crippen molar-refractivity contribution in [3.63, 3.8) is 0 Å². The van der Waals surface area contributed by atoms with Gasteiger partial charge in [0.2, 0.25) is 0 Å². The largest absolute Gasteiger partial charge is 0 e. The minimum absolute atomic E-state index is 0. The van der Waals surface area contributed by atoms with Crippen LogP contribution in [0.2, 0.25) is 0 Å². The van der Waals surface area contributed by atoms with Crippen LogP contribution in [0.25, 0.3) is 0 Å². The molecular formula is C9H15PPd. The van der Waals surface area contributed by atoms with Gasteiger partial charge in [-0.2, -0.15) is 0 Å². The summed E-state index contributed by atoms with van der Waals surface area (Å²) in [6, 6.07) is 10.8. The number of hydrogen-bond donors (Lipinski definition) is 0. The Morgan fingerprint density at radius 1 is 0.909 bits per heavy atom. The second kappa shape index (κ2) is 4.37. The molecule has 11 heavy (non-hydrogen) atoms. The van der Waals surface area contributed by atoms with Gasteiger partial charge in [0, 0.05) is 20.4 Å². The average molecular weight is 261 g/mol. The van der Waals surface area contributed by atoms with Crippen molar-refractivity contribution in [3.8, 4) is 0 Å². The molecule has 0 amide bonds. The summed E-state index contributed by atoms with van der Waals surface area (Å²) in [7, 11) is -1.03. The molecule has 1 aromatic carbocycles. The van der Waals surface area contributed by atoms with Crippen molar-refractivity contribution >= 4 is 12.6 Å². The summed E-state index contributed by atoms with van der Waals surface area (Å²) in [6.07, 6.45) is 0. The van der Waals surface area contributed by atoms with Crippen LogP contribution in [0.5, 0.6) is 0 Å². The van der Waals surface area contributed by atoms with Crippen molar-refractivity contribution in [1.82, 2.24) is 0 Å². The normalized spacial score (nSPS) is 11.9. The molecule has 0 aromatic heterocycles. The molecule has 0 aliphatic carbocycles. The van der Waals surface area contributed by atoms with Crippen LogP contribution in [0.15, 0.2) is 30.3 Å². The molecule has 0 N–H and O–H groups in total. The maximum atomic E-state index is 2.36. The van der Waals surface area contributed by atoms with E-state index >= 15 is 0 Å². The van der Waals surface area contributed by atoms with Crippen LogP contribution in [0.1, 0.15) is 0 Å². The van der Waals surface area contributed by atoms with Gasteiger partial charge >= 0.3 is 62.9 Å². The summed E-state index contributed by atoms with van der Waals surface area (Å²) < 4.78 is 0. The van der Waals surface area contributed by atoms with Gasteiger partial charge in [0.25, 0.3) is 0 Å². The Morgan fingerprint density at radius 3 is 1.64 bits per heavy atom. The first-order chi connectivity index (χ1) is 4.61. The summed E-state index contributed by atoms with van der Waals surface area (Å²) in [6.45, 7) is 7.09. The van der Waals surface area contributed by atoms with Gasteiger partial charge in [-0.3, -0.25) is 0 Å². The zero-order valence-electron chi connectivity index (χ0n) is 7.20. The summed E-state index contributed by atoms with van der Waals surface area (Å²) in [5, 5.41) is 1.54. The molecule has 2 heteroatoms. The topological polar surface area (TPSA) is 0 Å². The van der Waals surface area contributed by atoms with E-state index in [0.29, 0.717) is 0 Å². The Bertz CT molecular complexity index is 201. The molecule has 0 bridgehead atoms. The Morgan fingerprint density at radius 2 is 1.36 bits per heavy atom. The fraction of sp³-hybridized carbons (Fsp3) is 0.333. The van der Waals surface area contributed by atoms with Crippen LogP contribution >= 0.6 is 7.26 Å². The summed E-state index contributed by atoms with van der Waals surface area (Å²) in [5.41, 5.74) is 0. The Balaban J connectivity index is 0.000001000. The van der Waals surface area contributed by atoms with Crippen molar-refractivity contribution in [2.45, 2.75) is 0 Å². The van der Waals surface area contributed by atoms with Crippen molar-refractivity contribution < 1.29 is 20.4 Å². The zero-order chi connectivity index (χ0) is 7.61. The van der Waals surface area contributed by atoms with E-state index in [-0.39, 0.29) is 20.4 Å². The number of hydrogen-bond acceptors (Lipinski definition) is 0. The third-order valence-electron chi connectivity index (χ3n) is 1.64. The van der Waals surface area contributed by atoms with Gasteiger partial charge in [0.15, 0.2) is 0 Å². The maximum absolute atomic E-state index is 2.36. The predicted molar refractivity (Wildman–Crippen MR) is 52.2 cm³/mol. The minimum Gasteiger partial charge on any atom is 0 e. The van der Waals surface area contributed by atoms with Gasteiger partial charge in [0.05, 0.1) is 0 Å². The molecular weight excluding hydrogens is 245 g/mol. The first kappa shape index (κ1) is 11.3. The third kappa shape index (κ3) is 3.48. The van der Waals surface area contributed by atoms with Crippen LogP contribution in [-0.4, -0.2) is 20.0 Å². The van der Waals surface area contributed by atoms with E-state index in [0.717, 1.165) is 0 Å². The van der Waals surface area contributed by atoms with Gasteiger partial charge in [-0.15, -0.1) is 0 Å². The molecule has 0 spiro atoms. The molecule has 0 aliphatic heterocycles. The van der Waals surface area contributed by atoms with Crippen molar-refractivity contribution in [2.75, 3.05) is 20.0 Å². The van der Waals surface area contributed by atoms with Crippen LogP contribution in [0.3, 0.4) is 0 Å². The maximum Gasteiger partial charge on any atom is 0 e. The monoisotopic (exact) mass is 260 g/mol. The van der Waals surface area contributed by atoms with Gasteiger partial charge < -0.3 is 0 Å². The van der Waals surface area contributed by atoms with E-state index in [4.69, 9.17) is 0 Å². The zero-order valence-corrected chi connectivity index (χ0v) is 9.76. The molecule has 0 aliphatic rings. The Labute approximate surface area is 83.4 Å². The Kier molecular flexibility index (Phi) is 4.49. The van der Waals surface area contributed by atoms with E-state index in [9.17, 15) is 0 Å². The van der Waals surface area contributed by atoms with Gasteiger partial charge in [0.1, 0.15) is 0 Å². The SMILES string of the molecule is C[PH](C)(C)c1ccccc1.[Pd]. The quantitative estimate of drug-likeness (QED) is 0.535. The first-order valence-electron chi connectivity index (χ1n) is 3.66. The molecule has 0 atom stereocenters. The van der Waals surface area contributed by atoms with Crippen LogP contribution in [-0.2, 0) is 20.4 Å². The fourth-order valence-corrected chi connectivity index (χ4v) is 2.13. The van der Waals surface area contributed by atoms with E-state index in [1.54, 1.807) is 0 Å².